The molecule has 1 aliphatic heterocycles. The van der Waals surface area contributed by atoms with Gasteiger partial charge in [-0.1, -0.05) is 36.4 Å². The van der Waals surface area contributed by atoms with E-state index >= 15 is 0 Å². The maximum Gasteiger partial charge on any atom is 0.416 e. The van der Waals surface area contributed by atoms with Crippen LogP contribution >= 0.6 is 0 Å². The van der Waals surface area contributed by atoms with Crippen LogP contribution in [0, 0.1) is 0 Å². The summed E-state index contributed by atoms with van der Waals surface area (Å²) in [5.41, 5.74) is 1.01. The first-order valence-electron chi connectivity index (χ1n) is 9.96. The van der Waals surface area contributed by atoms with E-state index in [4.69, 9.17) is 4.74 Å². The molecule has 11 heteroatoms. The molecule has 2 N–H and O–H groups in total. The van der Waals surface area contributed by atoms with Crippen molar-refractivity contribution in [1.29, 1.82) is 0 Å². The summed E-state index contributed by atoms with van der Waals surface area (Å²) in [6, 6.07) is 14.8. The minimum absolute atomic E-state index is 0.00102. The number of rotatable bonds is 4. The van der Waals surface area contributed by atoms with Crippen molar-refractivity contribution in [3.8, 4) is 0 Å². The van der Waals surface area contributed by atoms with E-state index in [9.17, 15) is 29.4 Å². The van der Waals surface area contributed by atoms with Gasteiger partial charge in [-0.2, -0.15) is 0 Å². The van der Waals surface area contributed by atoms with Crippen LogP contribution in [0.25, 0.3) is 0 Å². The zero-order valence-electron chi connectivity index (χ0n) is 17.7. The van der Waals surface area contributed by atoms with Crippen molar-refractivity contribution in [2.75, 3.05) is 20.1 Å². The van der Waals surface area contributed by atoms with E-state index in [0.717, 1.165) is 20.3 Å². The molecule has 2 aromatic rings. The van der Waals surface area contributed by atoms with Crippen LogP contribution in [0.15, 0.2) is 59.6 Å². The van der Waals surface area contributed by atoms with Gasteiger partial charge in [0.1, 0.15) is 6.61 Å². The van der Waals surface area contributed by atoms with Crippen molar-refractivity contribution >= 4 is 35.8 Å². The number of nitrogens with zero attached hydrogens (tertiary/aromatic N) is 4. The number of guanidine groups is 1. The average molecular weight is 454 g/mol. The minimum Gasteiger partial charge on any atom is -0.465 e. The van der Waals surface area contributed by atoms with E-state index in [-0.39, 0.29) is 36.9 Å². The predicted molar refractivity (Wildman–Crippen MR) is 116 cm³/mol. The smallest absolute Gasteiger partial charge is 0.416 e. The van der Waals surface area contributed by atoms with Crippen LogP contribution in [0.5, 0.6) is 0 Å². The molecule has 172 valence electrons. The molecule has 4 amide bonds. The number of carbonyl (C=O) groups excluding carboxylic acids is 2. The lowest BCUT2D eigenvalue weighted by atomic mass is 10.2. The number of carbonyl (C=O) groups is 4. The topological polar surface area (TPSA) is 140 Å². The van der Waals surface area contributed by atoms with E-state index in [1.165, 1.54) is 31.3 Å². The van der Waals surface area contributed by atoms with E-state index in [1.54, 1.807) is 24.3 Å². The summed E-state index contributed by atoms with van der Waals surface area (Å²) in [6.45, 7) is 0.181. The third kappa shape index (κ3) is 5.64. The number of benzene rings is 2. The summed E-state index contributed by atoms with van der Waals surface area (Å²) >= 11 is 0. The quantitative estimate of drug-likeness (QED) is 0.721. The van der Waals surface area contributed by atoms with Crippen LogP contribution in [-0.4, -0.2) is 75.2 Å². The predicted octanol–water partition coefficient (Wildman–Crippen LogP) is 3.45. The molecule has 1 fully saturated rings. The zero-order chi connectivity index (χ0) is 24.0. The Balaban J connectivity index is 1.78. The number of imide groups is 1. The Morgan fingerprint density at radius 2 is 1.61 bits per heavy atom. The molecule has 1 saturated heterocycles. The van der Waals surface area contributed by atoms with E-state index < -0.39 is 24.2 Å². The molecule has 33 heavy (non-hydrogen) atoms. The first kappa shape index (κ1) is 23.3. The van der Waals surface area contributed by atoms with Gasteiger partial charge in [0.05, 0.1) is 5.69 Å². The Labute approximate surface area is 189 Å². The molecule has 0 bridgehead atoms. The molecule has 3 rings (SSSR count). The number of ether oxygens (including phenoxy) is 1. The third-order valence-electron chi connectivity index (χ3n) is 4.81. The lowest BCUT2D eigenvalue weighted by molar-refractivity contribution is 0.0691. The second-order valence-corrected chi connectivity index (χ2v) is 7.09. The van der Waals surface area contributed by atoms with Crippen LogP contribution in [-0.2, 0) is 11.3 Å². The zero-order valence-corrected chi connectivity index (χ0v) is 17.7. The highest BCUT2D eigenvalue weighted by molar-refractivity contribution is 6.04. The van der Waals surface area contributed by atoms with Gasteiger partial charge in [0.2, 0.25) is 5.96 Å². The molecule has 1 heterocycles. The first-order valence-corrected chi connectivity index (χ1v) is 9.96. The van der Waals surface area contributed by atoms with Crippen LogP contribution in [0.3, 0.4) is 0 Å². The molecular weight excluding hydrogens is 432 g/mol. The van der Waals surface area contributed by atoms with Gasteiger partial charge in [-0.05, 0) is 30.2 Å². The summed E-state index contributed by atoms with van der Waals surface area (Å²) in [6.07, 6.45) is -3.20. The molecular formula is C22H22N4O7. The summed E-state index contributed by atoms with van der Waals surface area (Å²) in [7, 11) is 1.27. The number of carboxylic acid groups (broad SMARTS) is 2. The monoisotopic (exact) mass is 454 g/mol. The lowest BCUT2D eigenvalue weighted by Gasteiger charge is -2.33. The van der Waals surface area contributed by atoms with Crippen molar-refractivity contribution in [3.05, 3.63) is 65.7 Å². The molecule has 0 aliphatic carbocycles. The number of hydrogen-bond acceptors (Lipinski definition) is 6. The largest absolute Gasteiger partial charge is 0.465 e. The fourth-order valence-electron chi connectivity index (χ4n) is 3.13. The van der Waals surface area contributed by atoms with E-state index in [0.29, 0.717) is 6.42 Å². The highest BCUT2D eigenvalue weighted by Gasteiger charge is 2.32. The lowest BCUT2D eigenvalue weighted by Crippen LogP contribution is -2.53. The van der Waals surface area contributed by atoms with Crippen molar-refractivity contribution in [1.82, 2.24) is 14.7 Å². The Bertz CT molecular complexity index is 1060. The molecule has 0 unspecified atom stereocenters. The normalized spacial score (nSPS) is 13.3. The number of hydrogen-bond donors (Lipinski definition) is 2. The van der Waals surface area contributed by atoms with Crippen LogP contribution in [0.4, 0.5) is 20.1 Å². The van der Waals surface area contributed by atoms with Crippen molar-refractivity contribution in [3.63, 3.8) is 0 Å². The Kier molecular flexibility index (Phi) is 7.24. The highest BCUT2D eigenvalue weighted by Crippen LogP contribution is 2.20. The van der Waals surface area contributed by atoms with Gasteiger partial charge < -0.3 is 14.9 Å². The molecule has 0 atom stereocenters. The molecule has 0 saturated carbocycles. The van der Waals surface area contributed by atoms with Gasteiger partial charge in [0, 0.05) is 25.7 Å². The van der Waals surface area contributed by atoms with Gasteiger partial charge >= 0.3 is 18.3 Å². The fourth-order valence-corrected chi connectivity index (χ4v) is 3.13. The molecule has 1 aliphatic rings. The summed E-state index contributed by atoms with van der Waals surface area (Å²) in [5.74, 6) is -0.939. The number of amides is 4. The molecule has 2 aromatic carbocycles. The molecule has 11 nitrogen and oxygen atoms in total. The van der Waals surface area contributed by atoms with Gasteiger partial charge in [0.25, 0.3) is 5.91 Å². The molecule has 0 spiro atoms. The Hall–Kier alpha value is -4.41. The van der Waals surface area contributed by atoms with Crippen molar-refractivity contribution in [2.45, 2.75) is 13.0 Å². The Morgan fingerprint density at radius 1 is 0.970 bits per heavy atom. The van der Waals surface area contributed by atoms with Gasteiger partial charge in [-0.15, -0.1) is 0 Å². The maximum atomic E-state index is 12.8. The maximum absolute atomic E-state index is 12.8. The van der Waals surface area contributed by atoms with Gasteiger partial charge in [-0.25, -0.2) is 34.1 Å². The summed E-state index contributed by atoms with van der Waals surface area (Å²) in [5, 5.41) is 18.8. The third-order valence-corrected chi connectivity index (χ3v) is 4.81. The Morgan fingerprint density at radius 3 is 2.21 bits per heavy atom. The van der Waals surface area contributed by atoms with E-state index in [2.05, 4.69) is 4.99 Å². The summed E-state index contributed by atoms with van der Waals surface area (Å²) in [4.78, 5) is 54.8. The van der Waals surface area contributed by atoms with Crippen molar-refractivity contribution < 1.29 is 34.1 Å². The molecule has 0 aromatic heterocycles. The van der Waals surface area contributed by atoms with E-state index in [1.807, 2.05) is 6.07 Å². The van der Waals surface area contributed by atoms with Gasteiger partial charge in [-0.3, -0.25) is 4.79 Å². The molecule has 0 radical (unpaired) electrons. The van der Waals surface area contributed by atoms with Crippen LogP contribution in [0.2, 0.25) is 0 Å². The highest BCUT2D eigenvalue weighted by atomic mass is 16.6. The first-order chi connectivity index (χ1) is 15.8. The van der Waals surface area contributed by atoms with Crippen LogP contribution < -0.4 is 0 Å². The standard InChI is InChI=1S/C22H22N4O7/c1-24(22(32)33-14-15-7-3-2-4-8-15)18(27)16-9-5-10-17(13-16)23-19-25(20(28)29)11-6-12-26(19)21(30)31/h2-5,7-10,13H,6,11-12,14H2,1H3,(H,28,29)(H,30,31). The SMILES string of the molecule is CN(C(=O)OCc1ccccc1)C(=O)c1cccc(N=C2N(C(=O)O)CCCN2C(=O)O)c1. The van der Waals surface area contributed by atoms with Crippen LogP contribution in [0.1, 0.15) is 22.3 Å². The average Bonchev–Trinajstić information content (AvgIpc) is 2.82. The van der Waals surface area contributed by atoms with Gasteiger partial charge in [0.15, 0.2) is 0 Å². The number of aliphatic imine (C=N–C) groups is 1. The van der Waals surface area contributed by atoms with Crippen molar-refractivity contribution in [2.24, 2.45) is 4.99 Å². The fraction of sp³-hybridized carbons (Fsp3) is 0.227. The second-order valence-electron chi connectivity index (χ2n) is 7.09. The minimum atomic E-state index is -1.34. The second kappa shape index (κ2) is 10.3. The summed E-state index contributed by atoms with van der Waals surface area (Å²) < 4.78 is 5.16.